The third-order valence-corrected chi connectivity index (χ3v) is 3.17. The molecule has 0 atom stereocenters. The van der Waals surface area contributed by atoms with Crippen LogP contribution < -0.4 is 11.2 Å². The number of hydrogen-bond donors (Lipinski definition) is 2. The SMILES string of the molecule is Nc1ccc(C(=O)N2NC(=O)c3ccc(cc3)C2=O)cc1. The molecule has 0 aromatic heterocycles. The normalized spacial score (nSPS) is 13.6. The highest BCUT2D eigenvalue weighted by Gasteiger charge is 2.28. The average molecular weight is 281 g/mol. The van der Waals surface area contributed by atoms with E-state index in [9.17, 15) is 14.4 Å². The van der Waals surface area contributed by atoms with E-state index in [2.05, 4.69) is 5.43 Å². The molecule has 104 valence electrons. The van der Waals surface area contributed by atoms with Gasteiger partial charge in [-0.25, -0.2) is 0 Å². The molecule has 0 saturated heterocycles. The van der Waals surface area contributed by atoms with Crippen molar-refractivity contribution in [2.24, 2.45) is 0 Å². The highest BCUT2D eigenvalue weighted by molar-refractivity contribution is 6.13. The lowest BCUT2D eigenvalue weighted by atomic mass is 10.1. The number of nitrogens with one attached hydrogen (secondary N) is 1. The second-order valence-electron chi connectivity index (χ2n) is 4.59. The van der Waals surface area contributed by atoms with E-state index in [-0.39, 0.29) is 5.56 Å². The largest absolute Gasteiger partial charge is 0.399 e. The highest BCUT2D eigenvalue weighted by atomic mass is 16.2. The molecule has 2 aliphatic heterocycles. The topological polar surface area (TPSA) is 92.5 Å². The summed E-state index contributed by atoms with van der Waals surface area (Å²) in [6.45, 7) is 0. The number of nitrogens with zero attached hydrogens (tertiary/aromatic N) is 1. The number of imide groups is 1. The fourth-order valence-corrected chi connectivity index (χ4v) is 2.01. The van der Waals surface area contributed by atoms with E-state index >= 15 is 0 Å². The lowest BCUT2D eigenvalue weighted by Crippen LogP contribution is -2.50. The second kappa shape index (κ2) is 4.75. The Morgan fingerprint density at radius 1 is 0.905 bits per heavy atom. The molecular formula is C15H11N3O3. The van der Waals surface area contributed by atoms with Gasteiger partial charge < -0.3 is 5.73 Å². The third-order valence-electron chi connectivity index (χ3n) is 3.17. The van der Waals surface area contributed by atoms with Gasteiger partial charge in [-0.3, -0.25) is 19.8 Å². The quantitative estimate of drug-likeness (QED) is 0.607. The minimum Gasteiger partial charge on any atom is -0.399 e. The van der Waals surface area contributed by atoms with Gasteiger partial charge in [0.25, 0.3) is 17.7 Å². The Labute approximate surface area is 120 Å². The van der Waals surface area contributed by atoms with E-state index in [1.807, 2.05) is 0 Å². The summed E-state index contributed by atoms with van der Waals surface area (Å²) in [6, 6.07) is 12.2. The van der Waals surface area contributed by atoms with Gasteiger partial charge in [0.05, 0.1) is 0 Å². The third kappa shape index (κ3) is 2.23. The highest BCUT2D eigenvalue weighted by Crippen LogP contribution is 2.14. The Morgan fingerprint density at radius 2 is 1.48 bits per heavy atom. The van der Waals surface area contributed by atoms with E-state index in [0.717, 1.165) is 5.01 Å². The summed E-state index contributed by atoms with van der Waals surface area (Å²) in [7, 11) is 0. The second-order valence-corrected chi connectivity index (χ2v) is 4.59. The fraction of sp³-hybridized carbons (Fsp3) is 0. The van der Waals surface area contributed by atoms with Crippen LogP contribution in [0.3, 0.4) is 0 Å². The van der Waals surface area contributed by atoms with Crippen LogP contribution in [-0.2, 0) is 0 Å². The van der Waals surface area contributed by atoms with Gasteiger partial charge in [0.1, 0.15) is 0 Å². The Bertz CT molecular complexity index is 736. The summed E-state index contributed by atoms with van der Waals surface area (Å²) in [6.07, 6.45) is 0. The Balaban J connectivity index is 1.99. The molecule has 2 aromatic carbocycles. The lowest BCUT2D eigenvalue weighted by molar-refractivity contribution is 0.0480. The van der Waals surface area contributed by atoms with E-state index < -0.39 is 17.7 Å². The molecule has 6 nitrogen and oxygen atoms in total. The molecule has 3 amide bonds. The molecule has 0 radical (unpaired) electrons. The molecule has 0 saturated carbocycles. The zero-order chi connectivity index (χ0) is 15.0. The van der Waals surface area contributed by atoms with Crippen LogP contribution in [0.2, 0.25) is 0 Å². The van der Waals surface area contributed by atoms with E-state index in [4.69, 9.17) is 5.73 Å². The number of benzene rings is 2. The summed E-state index contributed by atoms with van der Waals surface area (Å²) in [5.41, 5.74) is 9.34. The van der Waals surface area contributed by atoms with Crippen LogP contribution in [0.5, 0.6) is 0 Å². The Hall–Kier alpha value is -3.15. The number of carbonyl (C=O) groups is 3. The zero-order valence-electron chi connectivity index (χ0n) is 10.9. The molecule has 0 unspecified atom stereocenters. The molecule has 3 N–H and O–H groups in total. The maximum absolute atomic E-state index is 12.4. The van der Waals surface area contributed by atoms with Crippen molar-refractivity contribution in [3.8, 4) is 0 Å². The molecule has 4 rings (SSSR count). The minimum atomic E-state index is -0.615. The van der Waals surface area contributed by atoms with Crippen molar-refractivity contribution in [2.75, 3.05) is 5.73 Å². The molecule has 2 aliphatic rings. The molecule has 0 fully saturated rings. The first-order chi connectivity index (χ1) is 10.1. The number of nitrogens with two attached hydrogens (primary N) is 1. The van der Waals surface area contributed by atoms with Gasteiger partial charge in [-0.05, 0) is 48.5 Å². The number of amides is 3. The van der Waals surface area contributed by atoms with Crippen LogP contribution >= 0.6 is 0 Å². The maximum Gasteiger partial charge on any atom is 0.279 e. The first-order valence-corrected chi connectivity index (χ1v) is 6.21. The smallest absolute Gasteiger partial charge is 0.279 e. The van der Waals surface area contributed by atoms with Gasteiger partial charge in [-0.1, -0.05) is 0 Å². The van der Waals surface area contributed by atoms with Crippen LogP contribution in [0.4, 0.5) is 5.69 Å². The maximum atomic E-state index is 12.4. The van der Waals surface area contributed by atoms with E-state index in [1.54, 1.807) is 12.1 Å². The van der Waals surface area contributed by atoms with Crippen LogP contribution in [0.25, 0.3) is 0 Å². The fourth-order valence-electron chi connectivity index (χ4n) is 2.01. The van der Waals surface area contributed by atoms with Gasteiger partial charge in [-0.2, -0.15) is 5.01 Å². The average Bonchev–Trinajstić information content (AvgIpc) is 2.51. The summed E-state index contributed by atoms with van der Waals surface area (Å²) < 4.78 is 0. The van der Waals surface area contributed by atoms with Gasteiger partial charge in [-0.15, -0.1) is 0 Å². The Kier molecular flexibility index (Phi) is 2.91. The van der Waals surface area contributed by atoms with E-state index in [0.29, 0.717) is 16.8 Å². The van der Waals surface area contributed by atoms with Crippen LogP contribution in [0.15, 0.2) is 48.5 Å². The van der Waals surface area contributed by atoms with Crippen molar-refractivity contribution in [1.29, 1.82) is 0 Å². The molecule has 0 aliphatic carbocycles. The molecule has 2 aromatic rings. The van der Waals surface area contributed by atoms with Crippen molar-refractivity contribution >= 4 is 23.4 Å². The summed E-state index contributed by atoms with van der Waals surface area (Å²) in [5, 5.41) is 0.718. The number of hydrogen-bond acceptors (Lipinski definition) is 4. The summed E-state index contributed by atoms with van der Waals surface area (Å²) in [5.74, 6) is -1.72. The number of nitrogen functional groups attached to an aromatic ring is 1. The predicted octanol–water partition coefficient (Wildman–Crippen LogP) is 1.21. The van der Waals surface area contributed by atoms with Crippen LogP contribution in [-0.4, -0.2) is 22.7 Å². The first kappa shape index (κ1) is 12.9. The number of carbonyl (C=O) groups excluding carboxylic acids is 3. The van der Waals surface area contributed by atoms with Gasteiger partial charge in [0.2, 0.25) is 0 Å². The number of fused-ring (bicyclic) bond motifs is 5. The molecule has 6 heteroatoms. The van der Waals surface area contributed by atoms with Crippen LogP contribution in [0.1, 0.15) is 31.1 Å². The zero-order valence-corrected chi connectivity index (χ0v) is 10.9. The van der Waals surface area contributed by atoms with Crippen molar-refractivity contribution < 1.29 is 14.4 Å². The van der Waals surface area contributed by atoms with Gasteiger partial charge in [0.15, 0.2) is 0 Å². The summed E-state index contributed by atoms with van der Waals surface area (Å²) >= 11 is 0. The number of hydrazine groups is 1. The van der Waals surface area contributed by atoms with Gasteiger partial charge in [0, 0.05) is 22.4 Å². The van der Waals surface area contributed by atoms with Crippen molar-refractivity contribution in [3.05, 3.63) is 65.2 Å². The van der Waals surface area contributed by atoms with Crippen molar-refractivity contribution in [2.45, 2.75) is 0 Å². The van der Waals surface area contributed by atoms with Crippen molar-refractivity contribution in [3.63, 3.8) is 0 Å². The predicted molar refractivity (Wildman–Crippen MR) is 75.3 cm³/mol. The molecule has 2 bridgehead atoms. The van der Waals surface area contributed by atoms with Gasteiger partial charge >= 0.3 is 0 Å². The Morgan fingerprint density at radius 3 is 2.10 bits per heavy atom. The lowest BCUT2D eigenvalue weighted by Gasteiger charge is -2.23. The standard InChI is InChI=1S/C15H11N3O3/c16-12-7-5-11(6-8-12)15(21)18-14(20)10-3-1-9(2-4-10)13(19)17-18/h1-8H,16H2,(H,17,19). The number of anilines is 1. The van der Waals surface area contributed by atoms with Crippen molar-refractivity contribution in [1.82, 2.24) is 10.4 Å². The summed E-state index contributed by atoms with van der Waals surface area (Å²) in [4.78, 5) is 36.6. The molecular weight excluding hydrogens is 270 g/mol. The van der Waals surface area contributed by atoms with Crippen LogP contribution in [0, 0.1) is 0 Å². The monoisotopic (exact) mass is 281 g/mol. The first-order valence-electron chi connectivity index (χ1n) is 6.21. The number of rotatable bonds is 1. The molecule has 0 spiro atoms. The van der Waals surface area contributed by atoms with E-state index in [1.165, 1.54) is 36.4 Å². The molecule has 2 heterocycles. The molecule has 21 heavy (non-hydrogen) atoms. The minimum absolute atomic E-state index is 0.257.